The maximum absolute atomic E-state index is 6.05. The van der Waals surface area contributed by atoms with Crippen molar-refractivity contribution in [3.8, 4) is 11.5 Å². The number of nitrogen functional groups attached to an aromatic ring is 1. The molecule has 0 aliphatic heterocycles. The molecule has 3 aromatic rings. The number of nitrogens with two attached hydrogens (primary N) is 1. The van der Waals surface area contributed by atoms with Crippen molar-refractivity contribution in [2.45, 2.75) is 0 Å². The third-order valence-corrected chi connectivity index (χ3v) is 3.21. The topological polar surface area (TPSA) is 52.0 Å². The maximum atomic E-state index is 6.05. The number of fused-ring (bicyclic) bond motifs is 1. The standard InChI is InChI=1S/C13H8Cl2N2O/c14-9-5-6-10(15)12-11(9)17-13(18-12)7-1-3-8(16)4-2-7/h1-6H,16H2. The van der Waals surface area contributed by atoms with Gasteiger partial charge in [0.2, 0.25) is 5.89 Å². The van der Waals surface area contributed by atoms with Crippen LogP contribution in [0.2, 0.25) is 10.0 Å². The van der Waals surface area contributed by atoms with E-state index in [9.17, 15) is 0 Å². The summed E-state index contributed by atoms with van der Waals surface area (Å²) in [7, 11) is 0. The molecule has 1 heterocycles. The molecule has 0 atom stereocenters. The number of oxazole rings is 1. The second kappa shape index (κ2) is 4.19. The highest BCUT2D eigenvalue weighted by Crippen LogP contribution is 2.33. The number of nitrogens with zero attached hydrogens (tertiary/aromatic N) is 1. The molecule has 0 bridgehead atoms. The van der Waals surface area contributed by atoms with Crippen LogP contribution in [-0.2, 0) is 0 Å². The fourth-order valence-corrected chi connectivity index (χ4v) is 2.08. The predicted octanol–water partition coefficient (Wildman–Crippen LogP) is 4.38. The van der Waals surface area contributed by atoms with Gasteiger partial charge >= 0.3 is 0 Å². The molecule has 3 rings (SSSR count). The number of hydrogen-bond donors (Lipinski definition) is 1. The van der Waals surface area contributed by atoms with E-state index in [1.54, 1.807) is 24.3 Å². The molecule has 1 aromatic heterocycles. The second-order valence-electron chi connectivity index (χ2n) is 3.85. The minimum absolute atomic E-state index is 0.472. The lowest BCUT2D eigenvalue weighted by molar-refractivity contribution is 0.620. The molecule has 5 heteroatoms. The second-order valence-corrected chi connectivity index (χ2v) is 4.66. The molecule has 0 radical (unpaired) electrons. The first-order valence-corrected chi connectivity index (χ1v) is 6.01. The monoisotopic (exact) mass is 278 g/mol. The molecule has 0 spiro atoms. The van der Waals surface area contributed by atoms with Gasteiger partial charge in [-0.05, 0) is 36.4 Å². The average molecular weight is 279 g/mol. The van der Waals surface area contributed by atoms with E-state index in [-0.39, 0.29) is 0 Å². The van der Waals surface area contributed by atoms with Crippen LogP contribution in [0.5, 0.6) is 0 Å². The predicted molar refractivity (Wildman–Crippen MR) is 73.9 cm³/mol. The normalized spacial score (nSPS) is 11.0. The Morgan fingerprint density at radius 3 is 2.28 bits per heavy atom. The van der Waals surface area contributed by atoms with Gasteiger partial charge < -0.3 is 10.2 Å². The number of aromatic nitrogens is 1. The Balaban J connectivity index is 2.22. The van der Waals surface area contributed by atoms with E-state index in [1.165, 1.54) is 0 Å². The van der Waals surface area contributed by atoms with Crippen LogP contribution in [0.4, 0.5) is 5.69 Å². The number of anilines is 1. The summed E-state index contributed by atoms with van der Waals surface area (Å²) in [5.41, 5.74) is 8.21. The molecule has 0 aliphatic rings. The lowest BCUT2D eigenvalue weighted by Crippen LogP contribution is -1.83. The Hall–Kier alpha value is -1.71. The minimum atomic E-state index is 0.472. The number of hydrogen-bond acceptors (Lipinski definition) is 3. The van der Waals surface area contributed by atoms with Crippen molar-refractivity contribution in [2.75, 3.05) is 5.73 Å². The molecule has 0 amide bonds. The van der Waals surface area contributed by atoms with Crippen LogP contribution in [0.25, 0.3) is 22.6 Å². The Morgan fingerprint density at radius 1 is 0.944 bits per heavy atom. The van der Waals surface area contributed by atoms with Crippen LogP contribution >= 0.6 is 23.2 Å². The smallest absolute Gasteiger partial charge is 0.227 e. The summed E-state index contributed by atoms with van der Waals surface area (Å²) in [4.78, 5) is 4.35. The first-order chi connectivity index (χ1) is 8.65. The van der Waals surface area contributed by atoms with Crippen LogP contribution < -0.4 is 5.73 Å². The first kappa shape index (κ1) is 11.4. The van der Waals surface area contributed by atoms with Gasteiger partial charge in [-0.25, -0.2) is 4.98 Å². The average Bonchev–Trinajstić information content (AvgIpc) is 2.81. The number of halogens is 2. The van der Waals surface area contributed by atoms with E-state index in [0.29, 0.717) is 32.7 Å². The van der Waals surface area contributed by atoms with Crippen molar-refractivity contribution >= 4 is 40.0 Å². The van der Waals surface area contributed by atoms with Gasteiger partial charge in [0.25, 0.3) is 0 Å². The third-order valence-electron chi connectivity index (χ3n) is 2.60. The lowest BCUT2D eigenvalue weighted by Gasteiger charge is -1.95. The Labute approximate surface area is 113 Å². The van der Waals surface area contributed by atoms with Gasteiger partial charge in [0.15, 0.2) is 5.58 Å². The molecule has 0 fully saturated rings. The molecule has 0 unspecified atom stereocenters. The Bertz CT molecular complexity index is 681. The Morgan fingerprint density at radius 2 is 1.61 bits per heavy atom. The fraction of sp³-hybridized carbons (Fsp3) is 0. The third kappa shape index (κ3) is 1.82. The highest BCUT2D eigenvalue weighted by molar-refractivity contribution is 6.39. The molecule has 2 aromatic carbocycles. The molecular weight excluding hydrogens is 271 g/mol. The summed E-state index contributed by atoms with van der Waals surface area (Å²) in [6, 6.07) is 10.6. The van der Waals surface area contributed by atoms with Crippen molar-refractivity contribution in [3.63, 3.8) is 0 Å². The molecule has 2 N–H and O–H groups in total. The number of benzene rings is 2. The number of rotatable bonds is 1. The van der Waals surface area contributed by atoms with Crippen LogP contribution in [0.15, 0.2) is 40.8 Å². The summed E-state index contributed by atoms with van der Waals surface area (Å²) in [6.07, 6.45) is 0. The summed E-state index contributed by atoms with van der Waals surface area (Å²) in [6.45, 7) is 0. The lowest BCUT2D eigenvalue weighted by atomic mass is 10.2. The summed E-state index contributed by atoms with van der Waals surface area (Å²) in [5, 5.41) is 1.00. The van der Waals surface area contributed by atoms with E-state index >= 15 is 0 Å². The van der Waals surface area contributed by atoms with E-state index in [2.05, 4.69) is 4.98 Å². The van der Waals surface area contributed by atoms with Crippen molar-refractivity contribution in [1.29, 1.82) is 0 Å². The van der Waals surface area contributed by atoms with Crippen molar-refractivity contribution in [3.05, 3.63) is 46.4 Å². The van der Waals surface area contributed by atoms with Gasteiger partial charge in [0, 0.05) is 11.3 Å². The zero-order valence-corrected chi connectivity index (χ0v) is 10.7. The maximum Gasteiger partial charge on any atom is 0.227 e. The highest BCUT2D eigenvalue weighted by atomic mass is 35.5. The molecule has 3 nitrogen and oxygen atoms in total. The van der Waals surface area contributed by atoms with Crippen molar-refractivity contribution in [2.24, 2.45) is 0 Å². The van der Waals surface area contributed by atoms with Crippen LogP contribution in [0, 0.1) is 0 Å². The van der Waals surface area contributed by atoms with Crippen LogP contribution in [0.1, 0.15) is 0 Å². The first-order valence-electron chi connectivity index (χ1n) is 5.25. The quantitative estimate of drug-likeness (QED) is 0.672. The van der Waals surface area contributed by atoms with Crippen LogP contribution in [-0.4, -0.2) is 4.98 Å². The zero-order chi connectivity index (χ0) is 12.7. The van der Waals surface area contributed by atoms with Gasteiger partial charge in [-0.2, -0.15) is 0 Å². The molecule has 90 valence electrons. The van der Waals surface area contributed by atoms with E-state index < -0.39 is 0 Å². The highest BCUT2D eigenvalue weighted by Gasteiger charge is 2.13. The molecular formula is C13H8Cl2N2O. The van der Waals surface area contributed by atoms with Gasteiger partial charge in [0.05, 0.1) is 10.0 Å². The molecule has 18 heavy (non-hydrogen) atoms. The van der Waals surface area contributed by atoms with Crippen molar-refractivity contribution in [1.82, 2.24) is 4.98 Å². The minimum Gasteiger partial charge on any atom is -0.434 e. The van der Waals surface area contributed by atoms with Crippen LogP contribution in [0.3, 0.4) is 0 Å². The SMILES string of the molecule is Nc1ccc(-c2nc3c(Cl)ccc(Cl)c3o2)cc1. The fourth-order valence-electron chi connectivity index (χ4n) is 1.69. The van der Waals surface area contributed by atoms with Crippen molar-refractivity contribution < 1.29 is 4.42 Å². The van der Waals surface area contributed by atoms with E-state index in [1.807, 2.05) is 12.1 Å². The largest absolute Gasteiger partial charge is 0.434 e. The zero-order valence-electron chi connectivity index (χ0n) is 9.15. The summed E-state index contributed by atoms with van der Waals surface area (Å²) >= 11 is 12.1. The molecule has 0 aliphatic carbocycles. The van der Waals surface area contributed by atoms with Gasteiger partial charge in [-0.3, -0.25) is 0 Å². The summed E-state index contributed by atoms with van der Waals surface area (Å²) < 4.78 is 5.64. The van der Waals surface area contributed by atoms with Gasteiger partial charge in [0.1, 0.15) is 5.52 Å². The van der Waals surface area contributed by atoms with Gasteiger partial charge in [-0.15, -0.1) is 0 Å². The molecule has 0 saturated carbocycles. The molecule has 0 saturated heterocycles. The summed E-state index contributed by atoms with van der Waals surface area (Å²) in [5.74, 6) is 0.472. The van der Waals surface area contributed by atoms with E-state index in [4.69, 9.17) is 33.4 Å². The Kier molecular flexibility index (Phi) is 2.65. The van der Waals surface area contributed by atoms with E-state index in [0.717, 1.165) is 5.56 Å². The van der Waals surface area contributed by atoms with Gasteiger partial charge in [-0.1, -0.05) is 23.2 Å².